The molecule has 14 heavy (non-hydrogen) atoms. The summed E-state index contributed by atoms with van der Waals surface area (Å²) in [5.41, 5.74) is 1.89. The molecular weight excluding hydrogens is 248 g/mol. The van der Waals surface area contributed by atoms with Gasteiger partial charge < -0.3 is 4.74 Å². The van der Waals surface area contributed by atoms with Crippen LogP contribution in [0.1, 0.15) is 30.7 Å². The van der Waals surface area contributed by atoms with Crippen molar-refractivity contribution in [2.24, 2.45) is 0 Å². The number of carbonyl (C=O) groups excluding carboxylic acids is 1. The molecule has 0 amide bonds. The summed E-state index contributed by atoms with van der Waals surface area (Å²) in [4.78, 5) is 19.0. The molecule has 1 aromatic heterocycles. The number of hydrogen-bond acceptors (Lipinski definition) is 4. The van der Waals surface area contributed by atoms with Gasteiger partial charge in [-0.1, -0.05) is 0 Å². The van der Waals surface area contributed by atoms with E-state index in [1.165, 1.54) is 13.3 Å². The molecule has 0 bridgehead atoms. The highest BCUT2D eigenvalue weighted by Crippen LogP contribution is 2.35. The fraction of sp³-hybridized carbons (Fsp3) is 0.444. The van der Waals surface area contributed by atoms with E-state index >= 15 is 0 Å². The summed E-state index contributed by atoms with van der Waals surface area (Å²) in [5, 5.41) is 0. The molecule has 0 saturated carbocycles. The summed E-state index contributed by atoms with van der Waals surface area (Å²) < 4.78 is 5.95. The van der Waals surface area contributed by atoms with Crippen LogP contribution >= 0.6 is 15.9 Å². The maximum Gasteiger partial charge on any atom is 0.303 e. The Morgan fingerprint density at radius 1 is 1.64 bits per heavy atom. The first-order chi connectivity index (χ1) is 6.68. The summed E-state index contributed by atoms with van der Waals surface area (Å²) in [5.74, 6) is -0.266. The summed E-state index contributed by atoms with van der Waals surface area (Å²) in [6.07, 6.45) is 2.94. The van der Waals surface area contributed by atoms with Crippen LogP contribution in [0.5, 0.6) is 0 Å². The molecule has 74 valence electrons. The average Bonchev–Trinajstić information content (AvgIpc) is 2.49. The van der Waals surface area contributed by atoms with Crippen LogP contribution in [0.2, 0.25) is 0 Å². The van der Waals surface area contributed by atoms with E-state index in [2.05, 4.69) is 25.9 Å². The first-order valence-corrected chi connectivity index (χ1v) is 5.14. The molecule has 0 aromatic carbocycles. The third-order valence-corrected chi connectivity index (χ3v) is 2.88. The summed E-state index contributed by atoms with van der Waals surface area (Å²) in [6, 6.07) is 0. The van der Waals surface area contributed by atoms with E-state index in [4.69, 9.17) is 4.74 Å². The smallest absolute Gasteiger partial charge is 0.303 e. The summed E-state index contributed by atoms with van der Waals surface area (Å²) >= 11 is 3.35. The quantitative estimate of drug-likeness (QED) is 0.568. The van der Waals surface area contributed by atoms with Gasteiger partial charge in [0.15, 0.2) is 0 Å². The van der Waals surface area contributed by atoms with Crippen molar-refractivity contribution in [2.45, 2.75) is 25.9 Å². The number of fused-ring (bicyclic) bond motifs is 1. The maximum atomic E-state index is 10.8. The molecule has 0 aliphatic heterocycles. The van der Waals surface area contributed by atoms with Gasteiger partial charge in [-0.15, -0.1) is 0 Å². The highest BCUT2D eigenvalue weighted by Gasteiger charge is 2.28. The Bertz CT molecular complexity index is 381. The van der Waals surface area contributed by atoms with Crippen LogP contribution in [0, 0.1) is 0 Å². The molecule has 2 rings (SSSR count). The molecule has 0 fully saturated rings. The zero-order valence-electron chi connectivity index (χ0n) is 7.66. The van der Waals surface area contributed by atoms with Crippen LogP contribution in [-0.2, 0) is 16.0 Å². The Morgan fingerprint density at radius 2 is 2.43 bits per heavy atom. The minimum atomic E-state index is -0.266. The number of esters is 1. The Hall–Kier alpha value is -0.970. The fourth-order valence-corrected chi connectivity index (χ4v) is 2.13. The topological polar surface area (TPSA) is 52.1 Å². The zero-order valence-corrected chi connectivity index (χ0v) is 9.24. The monoisotopic (exact) mass is 256 g/mol. The van der Waals surface area contributed by atoms with Gasteiger partial charge in [-0.05, 0) is 28.8 Å². The molecule has 0 N–H and O–H groups in total. The molecular formula is C9H9BrN2O2. The predicted octanol–water partition coefficient (Wildman–Crippen LogP) is 1.79. The SMILES string of the molecule is CC(=O)OC1CCc2c(Br)ncnc21. The van der Waals surface area contributed by atoms with Crippen LogP contribution in [-0.4, -0.2) is 15.9 Å². The predicted molar refractivity (Wildman–Crippen MR) is 52.6 cm³/mol. The third-order valence-electron chi connectivity index (χ3n) is 2.20. The van der Waals surface area contributed by atoms with E-state index in [0.717, 1.165) is 28.7 Å². The highest BCUT2D eigenvalue weighted by molar-refractivity contribution is 9.10. The van der Waals surface area contributed by atoms with Crippen LogP contribution in [0.25, 0.3) is 0 Å². The van der Waals surface area contributed by atoms with E-state index in [-0.39, 0.29) is 12.1 Å². The largest absolute Gasteiger partial charge is 0.456 e. The molecule has 1 heterocycles. The van der Waals surface area contributed by atoms with Gasteiger partial charge in [0, 0.05) is 12.5 Å². The first-order valence-electron chi connectivity index (χ1n) is 4.35. The zero-order chi connectivity index (χ0) is 10.1. The lowest BCUT2D eigenvalue weighted by Gasteiger charge is -2.09. The Kier molecular flexibility index (Phi) is 2.50. The van der Waals surface area contributed by atoms with Gasteiger partial charge in [0.1, 0.15) is 17.0 Å². The Labute approximate surface area is 89.8 Å². The van der Waals surface area contributed by atoms with E-state index in [9.17, 15) is 4.79 Å². The van der Waals surface area contributed by atoms with Gasteiger partial charge in [0.25, 0.3) is 0 Å². The number of ether oxygens (including phenoxy) is 1. The Morgan fingerprint density at radius 3 is 3.14 bits per heavy atom. The van der Waals surface area contributed by atoms with Crippen LogP contribution < -0.4 is 0 Å². The normalized spacial score (nSPS) is 19.1. The first kappa shape index (κ1) is 9.58. The second-order valence-electron chi connectivity index (χ2n) is 3.17. The minimum Gasteiger partial charge on any atom is -0.456 e. The molecule has 1 aromatic rings. The van der Waals surface area contributed by atoms with Gasteiger partial charge in [0.05, 0.1) is 5.69 Å². The average molecular weight is 257 g/mol. The van der Waals surface area contributed by atoms with Crippen molar-refractivity contribution < 1.29 is 9.53 Å². The van der Waals surface area contributed by atoms with Crippen LogP contribution in [0.15, 0.2) is 10.9 Å². The van der Waals surface area contributed by atoms with Crippen molar-refractivity contribution in [1.29, 1.82) is 0 Å². The molecule has 1 atom stereocenters. The maximum absolute atomic E-state index is 10.8. The van der Waals surface area contributed by atoms with E-state index < -0.39 is 0 Å². The fourth-order valence-electron chi connectivity index (χ4n) is 1.64. The van der Waals surface area contributed by atoms with Crippen molar-refractivity contribution >= 4 is 21.9 Å². The number of halogens is 1. The molecule has 1 aliphatic rings. The molecule has 5 heteroatoms. The second kappa shape index (κ2) is 3.65. The van der Waals surface area contributed by atoms with Gasteiger partial charge in [-0.2, -0.15) is 0 Å². The number of hydrogen-bond donors (Lipinski definition) is 0. The van der Waals surface area contributed by atoms with E-state index in [0.29, 0.717) is 0 Å². The third kappa shape index (κ3) is 1.64. The van der Waals surface area contributed by atoms with Gasteiger partial charge >= 0.3 is 5.97 Å². The molecule has 1 unspecified atom stereocenters. The lowest BCUT2D eigenvalue weighted by atomic mass is 10.3. The van der Waals surface area contributed by atoms with Gasteiger partial charge in [-0.25, -0.2) is 9.97 Å². The molecule has 1 aliphatic carbocycles. The standard InChI is InChI=1S/C9H9BrN2O2/c1-5(13)14-7-3-2-6-8(7)11-4-12-9(6)10/h4,7H,2-3H2,1H3. The van der Waals surface area contributed by atoms with Crippen LogP contribution in [0.4, 0.5) is 0 Å². The van der Waals surface area contributed by atoms with Crippen molar-refractivity contribution in [1.82, 2.24) is 9.97 Å². The number of aromatic nitrogens is 2. The summed E-state index contributed by atoms with van der Waals surface area (Å²) in [7, 11) is 0. The van der Waals surface area contributed by atoms with Gasteiger partial charge in [0.2, 0.25) is 0 Å². The molecule has 0 radical (unpaired) electrons. The lowest BCUT2D eigenvalue weighted by Crippen LogP contribution is -2.06. The van der Waals surface area contributed by atoms with Crippen molar-refractivity contribution in [3.8, 4) is 0 Å². The molecule has 0 saturated heterocycles. The van der Waals surface area contributed by atoms with Crippen molar-refractivity contribution in [3.63, 3.8) is 0 Å². The molecule has 4 nitrogen and oxygen atoms in total. The van der Waals surface area contributed by atoms with Crippen molar-refractivity contribution in [3.05, 3.63) is 22.2 Å². The second-order valence-corrected chi connectivity index (χ2v) is 3.92. The van der Waals surface area contributed by atoms with Crippen LogP contribution in [0.3, 0.4) is 0 Å². The Balaban J connectivity index is 2.30. The lowest BCUT2D eigenvalue weighted by molar-refractivity contribution is -0.146. The van der Waals surface area contributed by atoms with E-state index in [1.54, 1.807) is 0 Å². The van der Waals surface area contributed by atoms with Gasteiger partial charge in [-0.3, -0.25) is 4.79 Å². The minimum absolute atomic E-state index is 0.193. The highest BCUT2D eigenvalue weighted by atomic mass is 79.9. The molecule has 0 spiro atoms. The van der Waals surface area contributed by atoms with Crippen molar-refractivity contribution in [2.75, 3.05) is 0 Å². The number of carbonyl (C=O) groups is 1. The summed E-state index contributed by atoms with van der Waals surface area (Å²) in [6.45, 7) is 1.41. The number of rotatable bonds is 1. The van der Waals surface area contributed by atoms with E-state index in [1.807, 2.05) is 0 Å². The number of nitrogens with zero attached hydrogens (tertiary/aromatic N) is 2.